The molecule has 0 saturated carbocycles. The Balaban J connectivity index is 1.67. The monoisotopic (exact) mass is 573 g/mol. The van der Waals surface area contributed by atoms with Crippen LogP contribution in [0.3, 0.4) is 0 Å². The number of pyridine rings is 1. The maximum absolute atomic E-state index is 12.4. The fraction of sp³-hybridized carbons (Fsp3) is 0.667. The van der Waals surface area contributed by atoms with Crippen molar-refractivity contribution in [2.24, 2.45) is 5.92 Å². The van der Waals surface area contributed by atoms with Gasteiger partial charge in [0, 0.05) is 13.1 Å². The second-order valence-corrected chi connectivity index (χ2v) is 17.9. The van der Waals surface area contributed by atoms with Gasteiger partial charge < -0.3 is 23.2 Å². The van der Waals surface area contributed by atoms with Gasteiger partial charge in [-0.05, 0) is 76.2 Å². The highest BCUT2D eigenvalue weighted by molar-refractivity contribution is 6.74. The Labute approximate surface area is 240 Å². The number of oxazole rings is 1. The molecule has 40 heavy (non-hydrogen) atoms. The molecule has 0 bridgehead atoms. The van der Waals surface area contributed by atoms with E-state index in [1.54, 1.807) is 24.4 Å². The summed E-state index contributed by atoms with van der Waals surface area (Å²) in [6, 6.07) is 5.13. The second-order valence-electron chi connectivity index (χ2n) is 13.2. The molecule has 9 nitrogen and oxygen atoms in total. The van der Waals surface area contributed by atoms with Crippen LogP contribution in [0.15, 0.2) is 28.8 Å². The maximum Gasteiger partial charge on any atom is 0.410 e. The van der Waals surface area contributed by atoms with E-state index in [2.05, 4.69) is 43.8 Å². The number of carbonyl (C=O) groups is 2. The number of hydrogen-bond acceptors (Lipinski definition) is 8. The van der Waals surface area contributed by atoms with Crippen LogP contribution < -0.4 is 0 Å². The quantitative estimate of drug-likeness (QED) is 0.226. The maximum atomic E-state index is 12.4. The SMILES string of the molecule is COC(=O)c1cccc(-c2cnc(C(CCCC3CCN(C(=O)OC(C)(C)C)CC3)O[Si](C)(C)C(C)(C)C)o2)n1. The van der Waals surface area contributed by atoms with Crippen LogP contribution >= 0.6 is 0 Å². The Kier molecular flexibility index (Phi) is 10.2. The van der Waals surface area contributed by atoms with E-state index in [-0.39, 0.29) is 22.9 Å². The number of likely N-dealkylation sites (tertiary alicyclic amines) is 1. The third-order valence-electron chi connectivity index (χ3n) is 7.78. The number of aromatic nitrogens is 2. The molecule has 1 unspecified atom stereocenters. The van der Waals surface area contributed by atoms with Crippen LogP contribution in [-0.4, -0.2) is 61.0 Å². The van der Waals surface area contributed by atoms with Crippen molar-refractivity contribution in [1.82, 2.24) is 14.9 Å². The molecule has 1 aliphatic heterocycles. The van der Waals surface area contributed by atoms with Crippen LogP contribution in [0.2, 0.25) is 18.1 Å². The molecule has 0 radical (unpaired) electrons. The van der Waals surface area contributed by atoms with E-state index in [1.165, 1.54) is 7.11 Å². The summed E-state index contributed by atoms with van der Waals surface area (Å²) in [6.45, 7) is 18.3. The summed E-state index contributed by atoms with van der Waals surface area (Å²) in [5, 5.41) is 0.0333. The average Bonchev–Trinajstić information content (AvgIpc) is 3.37. The van der Waals surface area contributed by atoms with Crippen molar-refractivity contribution in [3.05, 3.63) is 36.0 Å². The van der Waals surface area contributed by atoms with E-state index in [4.69, 9.17) is 18.3 Å². The number of hydrogen-bond donors (Lipinski definition) is 0. The van der Waals surface area contributed by atoms with Crippen LogP contribution in [0.4, 0.5) is 4.79 Å². The highest BCUT2D eigenvalue weighted by Gasteiger charge is 2.40. The van der Waals surface area contributed by atoms with Crippen molar-refractivity contribution in [1.29, 1.82) is 0 Å². The molecule has 1 amide bonds. The Morgan fingerprint density at radius 1 is 1.12 bits per heavy atom. The summed E-state index contributed by atoms with van der Waals surface area (Å²) in [5.74, 6) is 1.07. The number of carbonyl (C=O) groups excluding carboxylic acids is 2. The minimum atomic E-state index is -2.12. The van der Waals surface area contributed by atoms with Crippen LogP contribution in [0.25, 0.3) is 11.5 Å². The Bertz CT molecular complexity index is 1140. The topological polar surface area (TPSA) is 104 Å². The Hall–Kier alpha value is -2.72. The molecule has 222 valence electrons. The molecule has 1 fully saturated rings. The lowest BCUT2D eigenvalue weighted by Gasteiger charge is -2.38. The van der Waals surface area contributed by atoms with E-state index in [1.807, 2.05) is 25.7 Å². The second kappa shape index (κ2) is 12.8. The summed E-state index contributed by atoms with van der Waals surface area (Å²) in [4.78, 5) is 35.2. The average molecular weight is 574 g/mol. The van der Waals surface area contributed by atoms with Crippen LogP contribution in [0, 0.1) is 5.92 Å². The first-order chi connectivity index (χ1) is 18.6. The van der Waals surface area contributed by atoms with Gasteiger partial charge in [0.05, 0.1) is 13.3 Å². The van der Waals surface area contributed by atoms with Crippen molar-refractivity contribution >= 4 is 20.4 Å². The number of nitrogens with zero attached hydrogens (tertiary/aromatic N) is 3. The smallest absolute Gasteiger partial charge is 0.410 e. The van der Waals surface area contributed by atoms with Crippen LogP contribution in [0.5, 0.6) is 0 Å². The normalized spacial score (nSPS) is 16.1. The van der Waals surface area contributed by atoms with Gasteiger partial charge in [-0.25, -0.2) is 19.6 Å². The van der Waals surface area contributed by atoms with Crippen molar-refractivity contribution in [3.63, 3.8) is 0 Å². The minimum absolute atomic E-state index is 0.0333. The number of esters is 1. The van der Waals surface area contributed by atoms with Gasteiger partial charge in [-0.2, -0.15) is 0 Å². The molecule has 2 aromatic heterocycles. The van der Waals surface area contributed by atoms with Gasteiger partial charge in [-0.3, -0.25) is 0 Å². The van der Waals surface area contributed by atoms with Gasteiger partial charge in [-0.15, -0.1) is 0 Å². The molecular weight excluding hydrogens is 526 g/mol. The third kappa shape index (κ3) is 8.64. The molecule has 3 rings (SSSR count). The predicted molar refractivity (Wildman–Crippen MR) is 156 cm³/mol. The molecule has 2 aromatic rings. The van der Waals surface area contributed by atoms with E-state index < -0.39 is 19.9 Å². The highest BCUT2D eigenvalue weighted by atomic mass is 28.4. The zero-order chi connectivity index (χ0) is 29.7. The molecule has 0 aromatic carbocycles. The minimum Gasteiger partial charge on any atom is -0.464 e. The van der Waals surface area contributed by atoms with Crippen LogP contribution in [0.1, 0.15) is 96.1 Å². The number of amides is 1. The lowest BCUT2D eigenvalue weighted by Crippen LogP contribution is -2.42. The first-order valence-corrected chi connectivity index (χ1v) is 17.2. The molecule has 0 aliphatic carbocycles. The van der Waals surface area contributed by atoms with Crippen molar-refractivity contribution in [3.8, 4) is 11.5 Å². The fourth-order valence-corrected chi connectivity index (χ4v) is 5.72. The Morgan fingerprint density at radius 3 is 2.40 bits per heavy atom. The molecule has 0 spiro atoms. The summed E-state index contributed by atoms with van der Waals surface area (Å²) < 4.78 is 23.3. The van der Waals surface area contributed by atoms with Gasteiger partial charge in [-0.1, -0.05) is 39.7 Å². The van der Waals surface area contributed by atoms with Crippen molar-refractivity contribution < 1.29 is 27.9 Å². The zero-order valence-corrected chi connectivity index (χ0v) is 26.7. The van der Waals surface area contributed by atoms with E-state index >= 15 is 0 Å². The van der Waals surface area contributed by atoms with Gasteiger partial charge >= 0.3 is 12.1 Å². The van der Waals surface area contributed by atoms with E-state index in [9.17, 15) is 9.59 Å². The Morgan fingerprint density at radius 2 is 1.80 bits per heavy atom. The summed E-state index contributed by atoms with van der Waals surface area (Å²) >= 11 is 0. The number of methoxy groups -OCH3 is 1. The largest absolute Gasteiger partial charge is 0.464 e. The third-order valence-corrected chi connectivity index (χ3v) is 12.3. The molecule has 1 atom stereocenters. The zero-order valence-electron chi connectivity index (χ0n) is 25.7. The first kappa shape index (κ1) is 31.8. The summed E-state index contributed by atoms with van der Waals surface area (Å²) in [7, 11) is -0.786. The molecule has 1 aliphatic rings. The lowest BCUT2D eigenvalue weighted by atomic mass is 9.91. The highest BCUT2D eigenvalue weighted by Crippen LogP contribution is 2.41. The number of rotatable bonds is 9. The van der Waals surface area contributed by atoms with E-state index in [0.717, 1.165) is 45.2 Å². The van der Waals surface area contributed by atoms with Crippen molar-refractivity contribution in [2.45, 2.75) is 103 Å². The molecule has 10 heteroatoms. The van der Waals surface area contributed by atoms with Gasteiger partial charge in [0.1, 0.15) is 23.1 Å². The predicted octanol–water partition coefficient (Wildman–Crippen LogP) is 7.40. The fourth-order valence-electron chi connectivity index (χ4n) is 4.43. The van der Waals surface area contributed by atoms with Gasteiger partial charge in [0.2, 0.25) is 5.89 Å². The number of ether oxygens (including phenoxy) is 2. The first-order valence-electron chi connectivity index (χ1n) is 14.3. The van der Waals surface area contributed by atoms with E-state index in [0.29, 0.717) is 23.3 Å². The standard InChI is InChI=1S/C30H47N3O6Si/c1-29(2,3)38-28(35)33-18-16-21(17-19-33)12-10-15-24(39-40(8,9)30(4,5)6)26-31-20-25(37-26)22-13-11-14-23(32-22)27(34)36-7/h11,13-14,20-21,24H,10,12,15-19H2,1-9H3. The van der Waals surface area contributed by atoms with Gasteiger partial charge in [0.15, 0.2) is 14.1 Å². The molecule has 0 N–H and O–H groups in total. The summed E-state index contributed by atoms with van der Waals surface area (Å²) in [5.41, 5.74) is 0.252. The van der Waals surface area contributed by atoms with Gasteiger partial charge in [0.25, 0.3) is 0 Å². The van der Waals surface area contributed by atoms with Crippen molar-refractivity contribution in [2.75, 3.05) is 20.2 Å². The molecular formula is C30H47N3O6Si. The number of piperidine rings is 1. The van der Waals surface area contributed by atoms with Crippen LogP contribution in [-0.2, 0) is 13.9 Å². The molecule has 1 saturated heterocycles. The summed E-state index contributed by atoms with van der Waals surface area (Å²) in [6.07, 6.45) is 5.89. The molecule has 3 heterocycles. The lowest BCUT2D eigenvalue weighted by molar-refractivity contribution is 0.0179.